The third-order valence-electron chi connectivity index (χ3n) is 3.83. The van der Waals surface area contributed by atoms with Crippen molar-refractivity contribution in [2.75, 3.05) is 13.7 Å². The van der Waals surface area contributed by atoms with Crippen LogP contribution in [-0.4, -0.2) is 25.6 Å². The first kappa shape index (κ1) is 20.7. The standard InChI is InChI=1S/C21H19ClINO4/c1-12(2)11-27-19-16(22)8-13(10-18(19)26-3)9-17-21(25)28-20(24-17)14-4-6-15(23)7-5-14/h4-10,12H,11H2,1-3H3/b17-9-. The van der Waals surface area contributed by atoms with E-state index in [-0.39, 0.29) is 11.6 Å². The summed E-state index contributed by atoms with van der Waals surface area (Å²) in [5.74, 6) is 1.10. The molecule has 146 valence electrons. The van der Waals surface area contributed by atoms with Crippen molar-refractivity contribution in [1.29, 1.82) is 0 Å². The van der Waals surface area contributed by atoms with E-state index in [9.17, 15) is 4.79 Å². The molecule has 0 bridgehead atoms. The van der Waals surface area contributed by atoms with Crippen LogP contribution in [0, 0.1) is 9.49 Å². The molecule has 3 rings (SSSR count). The van der Waals surface area contributed by atoms with Crippen molar-refractivity contribution in [2.45, 2.75) is 13.8 Å². The molecule has 0 atom stereocenters. The van der Waals surface area contributed by atoms with Crippen molar-refractivity contribution in [1.82, 2.24) is 0 Å². The zero-order valence-electron chi connectivity index (χ0n) is 15.7. The summed E-state index contributed by atoms with van der Waals surface area (Å²) in [6, 6.07) is 11.0. The van der Waals surface area contributed by atoms with Gasteiger partial charge < -0.3 is 14.2 Å². The topological polar surface area (TPSA) is 57.1 Å². The van der Waals surface area contributed by atoms with Gasteiger partial charge in [-0.25, -0.2) is 9.79 Å². The Bertz CT molecular complexity index is 952. The number of carbonyl (C=O) groups excluding carboxylic acids is 1. The molecule has 0 N–H and O–H groups in total. The number of aliphatic imine (C=N–C) groups is 1. The number of hydrogen-bond donors (Lipinski definition) is 0. The highest BCUT2D eigenvalue weighted by atomic mass is 127. The summed E-state index contributed by atoms with van der Waals surface area (Å²) in [4.78, 5) is 16.5. The molecule has 0 fully saturated rings. The largest absolute Gasteiger partial charge is 0.493 e. The molecule has 0 unspecified atom stereocenters. The Morgan fingerprint density at radius 2 is 1.96 bits per heavy atom. The van der Waals surface area contributed by atoms with Crippen molar-refractivity contribution in [2.24, 2.45) is 10.9 Å². The van der Waals surface area contributed by atoms with E-state index < -0.39 is 5.97 Å². The zero-order valence-corrected chi connectivity index (χ0v) is 18.6. The fraction of sp³-hybridized carbons (Fsp3) is 0.238. The molecule has 2 aromatic carbocycles. The first-order valence-electron chi connectivity index (χ1n) is 8.66. The van der Waals surface area contributed by atoms with Crippen LogP contribution in [0.25, 0.3) is 6.08 Å². The van der Waals surface area contributed by atoms with Crippen LogP contribution in [0.4, 0.5) is 0 Å². The van der Waals surface area contributed by atoms with E-state index in [0.717, 1.165) is 9.13 Å². The molecule has 0 aromatic heterocycles. The van der Waals surface area contributed by atoms with E-state index >= 15 is 0 Å². The lowest BCUT2D eigenvalue weighted by molar-refractivity contribution is -0.129. The van der Waals surface area contributed by atoms with Crippen molar-refractivity contribution in [3.63, 3.8) is 0 Å². The van der Waals surface area contributed by atoms with Gasteiger partial charge in [0.05, 0.1) is 18.7 Å². The maximum absolute atomic E-state index is 12.2. The normalized spacial score (nSPS) is 15.0. The first-order valence-corrected chi connectivity index (χ1v) is 10.1. The van der Waals surface area contributed by atoms with E-state index in [0.29, 0.717) is 34.6 Å². The van der Waals surface area contributed by atoms with E-state index in [4.69, 9.17) is 25.8 Å². The molecule has 0 saturated heterocycles. The van der Waals surface area contributed by atoms with Crippen LogP contribution in [-0.2, 0) is 9.53 Å². The molecule has 7 heteroatoms. The van der Waals surface area contributed by atoms with Gasteiger partial charge in [-0.1, -0.05) is 25.4 Å². The van der Waals surface area contributed by atoms with E-state index in [2.05, 4.69) is 27.6 Å². The van der Waals surface area contributed by atoms with Gasteiger partial charge in [-0.05, 0) is 76.5 Å². The third-order valence-corrected chi connectivity index (χ3v) is 4.83. The molecule has 0 spiro atoms. The van der Waals surface area contributed by atoms with Crippen LogP contribution in [0.15, 0.2) is 47.1 Å². The Labute approximate surface area is 182 Å². The summed E-state index contributed by atoms with van der Waals surface area (Å²) in [7, 11) is 1.54. The summed E-state index contributed by atoms with van der Waals surface area (Å²) in [5, 5.41) is 0.403. The minimum Gasteiger partial charge on any atom is -0.493 e. The minimum absolute atomic E-state index is 0.197. The molecule has 28 heavy (non-hydrogen) atoms. The Hall–Kier alpha value is -2.06. The molecule has 0 aliphatic carbocycles. The molecule has 2 aromatic rings. The predicted octanol–water partition coefficient (Wildman–Crippen LogP) is 5.33. The SMILES string of the molecule is COc1cc(/C=C2\N=C(c3ccc(I)cc3)OC2=O)cc(Cl)c1OCC(C)C. The van der Waals surface area contributed by atoms with Gasteiger partial charge in [0, 0.05) is 9.13 Å². The molecule has 5 nitrogen and oxygen atoms in total. The van der Waals surface area contributed by atoms with E-state index in [1.807, 2.05) is 38.1 Å². The molecule has 0 saturated carbocycles. The summed E-state index contributed by atoms with van der Waals surface area (Å²) < 4.78 is 17.5. The predicted molar refractivity (Wildman–Crippen MR) is 118 cm³/mol. The fourth-order valence-corrected chi connectivity index (χ4v) is 3.13. The monoisotopic (exact) mass is 511 g/mol. The Morgan fingerprint density at radius 1 is 1.25 bits per heavy atom. The van der Waals surface area contributed by atoms with E-state index in [1.165, 1.54) is 0 Å². The number of cyclic esters (lactones) is 1. The van der Waals surface area contributed by atoms with Gasteiger partial charge in [0.25, 0.3) is 0 Å². The Morgan fingerprint density at radius 3 is 2.61 bits per heavy atom. The highest BCUT2D eigenvalue weighted by Crippen LogP contribution is 2.37. The summed E-state index contributed by atoms with van der Waals surface area (Å²) in [6.45, 7) is 4.62. The number of halogens is 2. The van der Waals surface area contributed by atoms with E-state index in [1.54, 1.807) is 25.3 Å². The maximum atomic E-state index is 12.2. The Kier molecular flexibility index (Phi) is 6.61. The van der Waals surface area contributed by atoms with Gasteiger partial charge in [-0.2, -0.15) is 0 Å². The number of ether oxygens (including phenoxy) is 3. The lowest BCUT2D eigenvalue weighted by atomic mass is 10.1. The second-order valence-corrected chi connectivity index (χ2v) is 8.23. The summed E-state index contributed by atoms with van der Waals surface area (Å²) >= 11 is 8.58. The van der Waals surface area contributed by atoms with Crippen molar-refractivity contribution in [3.8, 4) is 11.5 Å². The molecular formula is C21H19ClINO4. The van der Waals surface area contributed by atoms with Crippen molar-refractivity contribution in [3.05, 3.63) is 61.8 Å². The average Bonchev–Trinajstić information content (AvgIpc) is 3.01. The molecule has 0 amide bonds. The molecule has 1 heterocycles. The van der Waals surface area contributed by atoms with Crippen LogP contribution in [0.3, 0.4) is 0 Å². The van der Waals surface area contributed by atoms with Crippen molar-refractivity contribution >= 4 is 52.1 Å². The molecule has 0 radical (unpaired) electrons. The summed E-state index contributed by atoms with van der Waals surface area (Å²) in [5.41, 5.74) is 1.60. The van der Waals surface area contributed by atoms with Gasteiger partial charge in [-0.15, -0.1) is 0 Å². The van der Waals surface area contributed by atoms with Crippen LogP contribution >= 0.6 is 34.2 Å². The molecule has 1 aliphatic rings. The quantitative estimate of drug-likeness (QED) is 0.299. The number of nitrogens with zero attached hydrogens (tertiary/aromatic N) is 1. The molecular weight excluding hydrogens is 493 g/mol. The second-order valence-electron chi connectivity index (χ2n) is 6.58. The number of methoxy groups -OCH3 is 1. The number of carbonyl (C=O) groups is 1. The number of benzene rings is 2. The second kappa shape index (κ2) is 8.96. The van der Waals surface area contributed by atoms with Gasteiger partial charge >= 0.3 is 5.97 Å². The van der Waals surface area contributed by atoms with Gasteiger partial charge in [0.2, 0.25) is 5.90 Å². The lowest BCUT2D eigenvalue weighted by Crippen LogP contribution is -2.06. The lowest BCUT2D eigenvalue weighted by Gasteiger charge is -2.14. The van der Waals surface area contributed by atoms with Crippen LogP contribution in [0.5, 0.6) is 11.5 Å². The van der Waals surface area contributed by atoms with Crippen LogP contribution in [0.1, 0.15) is 25.0 Å². The van der Waals surface area contributed by atoms with Crippen molar-refractivity contribution < 1.29 is 19.0 Å². The van der Waals surface area contributed by atoms with Gasteiger partial charge in [-0.3, -0.25) is 0 Å². The Balaban J connectivity index is 1.91. The van der Waals surface area contributed by atoms with Crippen LogP contribution < -0.4 is 9.47 Å². The number of esters is 1. The minimum atomic E-state index is -0.510. The maximum Gasteiger partial charge on any atom is 0.363 e. The smallest absolute Gasteiger partial charge is 0.363 e. The third kappa shape index (κ3) is 4.86. The van der Waals surface area contributed by atoms with Gasteiger partial charge in [0.1, 0.15) is 0 Å². The number of rotatable bonds is 6. The zero-order chi connectivity index (χ0) is 20.3. The summed E-state index contributed by atoms with van der Waals surface area (Å²) in [6.07, 6.45) is 1.61. The highest BCUT2D eigenvalue weighted by molar-refractivity contribution is 14.1. The highest BCUT2D eigenvalue weighted by Gasteiger charge is 2.24. The van der Waals surface area contributed by atoms with Crippen LogP contribution in [0.2, 0.25) is 5.02 Å². The fourth-order valence-electron chi connectivity index (χ4n) is 2.50. The first-order chi connectivity index (χ1) is 13.4. The average molecular weight is 512 g/mol. The van der Waals surface area contributed by atoms with Gasteiger partial charge in [0.15, 0.2) is 17.2 Å². The molecule has 1 aliphatic heterocycles. The number of hydrogen-bond acceptors (Lipinski definition) is 5.